The van der Waals surface area contributed by atoms with Crippen molar-refractivity contribution in [3.63, 3.8) is 0 Å². The molecule has 1 aliphatic rings. The van der Waals surface area contributed by atoms with Gasteiger partial charge in [0.1, 0.15) is 0 Å². The molecule has 0 unspecified atom stereocenters. The number of likely N-dealkylation sites (tertiary alicyclic amines) is 1. The molecule has 1 rings (SSSR count). The molecule has 0 aromatic carbocycles. The topological polar surface area (TPSA) is 0 Å². The monoisotopic (exact) mass is 493 g/mol. The van der Waals surface area contributed by atoms with Gasteiger partial charge in [0, 0.05) is 12.8 Å². The van der Waals surface area contributed by atoms with Gasteiger partial charge in [0.2, 0.25) is 0 Å². The summed E-state index contributed by atoms with van der Waals surface area (Å²) in [4.78, 5) is 0. The third-order valence-corrected chi connectivity index (χ3v) is 8.99. The standard InChI is InChI=1S/C34H70N/c1-3-5-7-9-11-13-14-15-16-17-18-19-20-22-24-26-28-32-35(33-29-30-34-35)31-27-25-23-21-12-10-8-6-4-2/h3-34H2,1-2H3/q+1. The Morgan fingerprint density at radius 1 is 0.314 bits per heavy atom. The van der Waals surface area contributed by atoms with Crippen molar-refractivity contribution in [3.05, 3.63) is 0 Å². The predicted octanol–water partition coefficient (Wildman–Crippen LogP) is 11.8. The average molecular weight is 493 g/mol. The summed E-state index contributed by atoms with van der Waals surface area (Å²) in [5, 5.41) is 0. The highest BCUT2D eigenvalue weighted by Crippen LogP contribution is 2.23. The van der Waals surface area contributed by atoms with Gasteiger partial charge in [0.05, 0.1) is 26.2 Å². The van der Waals surface area contributed by atoms with E-state index in [0.29, 0.717) is 0 Å². The van der Waals surface area contributed by atoms with Crippen molar-refractivity contribution < 1.29 is 4.48 Å². The predicted molar refractivity (Wildman–Crippen MR) is 160 cm³/mol. The Balaban J connectivity index is 1.86. The molecule has 0 atom stereocenters. The van der Waals surface area contributed by atoms with Crippen molar-refractivity contribution in [2.75, 3.05) is 26.2 Å². The maximum absolute atomic E-state index is 2.32. The molecule has 1 saturated heterocycles. The number of hydrogen-bond acceptors (Lipinski definition) is 0. The van der Waals surface area contributed by atoms with Gasteiger partial charge in [-0.2, -0.15) is 0 Å². The lowest BCUT2D eigenvalue weighted by Gasteiger charge is -2.34. The van der Waals surface area contributed by atoms with Gasteiger partial charge in [-0.05, 0) is 25.7 Å². The van der Waals surface area contributed by atoms with E-state index in [4.69, 9.17) is 0 Å². The van der Waals surface area contributed by atoms with Crippen LogP contribution in [0.15, 0.2) is 0 Å². The number of rotatable bonds is 28. The Morgan fingerprint density at radius 2 is 0.543 bits per heavy atom. The fourth-order valence-electron chi connectivity index (χ4n) is 6.50. The van der Waals surface area contributed by atoms with Gasteiger partial charge in [-0.25, -0.2) is 0 Å². The van der Waals surface area contributed by atoms with Crippen LogP contribution in [0.3, 0.4) is 0 Å². The molecule has 0 saturated carbocycles. The van der Waals surface area contributed by atoms with E-state index in [-0.39, 0.29) is 0 Å². The first-order valence-electron chi connectivity index (χ1n) is 17.2. The molecule has 0 aromatic rings. The van der Waals surface area contributed by atoms with Gasteiger partial charge >= 0.3 is 0 Å². The normalized spacial score (nSPS) is 15.3. The zero-order valence-electron chi connectivity index (χ0n) is 25.1. The number of nitrogens with zero attached hydrogens (tertiary/aromatic N) is 1. The van der Waals surface area contributed by atoms with Crippen LogP contribution in [0.4, 0.5) is 0 Å². The minimum absolute atomic E-state index is 1.37. The second-order valence-electron chi connectivity index (χ2n) is 12.4. The van der Waals surface area contributed by atoms with Crippen LogP contribution in [0.1, 0.15) is 194 Å². The molecule has 0 spiro atoms. The third kappa shape index (κ3) is 20.7. The molecule has 1 heterocycles. The minimum atomic E-state index is 1.37. The van der Waals surface area contributed by atoms with Crippen LogP contribution >= 0.6 is 0 Å². The first-order chi connectivity index (χ1) is 17.3. The highest BCUT2D eigenvalue weighted by Gasteiger charge is 2.30. The quantitative estimate of drug-likeness (QED) is 0.0752. The number of quaternary nitrogens is 1. The van der Waals surface area contributed by atoms with Crippen molar-refractivity contribution >= 4 is 0 Å². The molecule has 1 fully saturated rings. The van der Waals surface area contributed by atoms with Crippen LogP contribution in [-0.2, 0) is 0 Å². The molecule has 0 aliphatic carbocycles. The van der Waals surface area contributed by atoms with Crippen LogP contribution in [0, 0.1) is 0 Å². The first kappa shape index (κ1) is 33.0. The van der Waals surface area contributed by atoms with Crippen molar-refractivity contribution in [2.45, 2.75) is 194 Å². The maximum atomic E-state index is 2.32. The zero-order valence-corrected chi connectivity index (χ0v) is 25.1. The summed E-state index contributed by atoms with van der Waals surface area (Å²) in [7, 11) is 0. The molecular formula is C34H70N+. The first-order valence-corrected chi connectivity index (χ1v) is 17.2. The van der Waals surface area contributed by atoms with E-state index in [0.717, 1.165) is 0 Å². The largest absolute Gasteiger partial charge is 0.324 e. The molecule has 1 aliphatic heterocycles. The Hall–Kier alpha value is -0.0400. The van der Waals surface area contributed by atoms with Crippen LogP contribution in [-0.4, -0.2) is 30.7 Å². The van der Waals surface area contributed by atoms with Gasteiger partial charge in [-0.1, -0.05) is 155 Å². The van der Waals surface area contributed by atoms with Crippen LogP contribution < -0.4 is 0 Å². The Morgan fingerprint density at radius 3 is 0.800 bits per heavy atom. The Labute approximate surface area is 224 Å². The highest BCUT2D eigenvalue weighted by molar-refractivity contribution is 4.58. The van der Waals surface area contributed by atoms with Crippen molar-refractivity contribution in [1.82, 2.24) is 0 Å². The van der Waals surface area contributed by atoms with Gasteiger partial charge in [0.15, 0.2) is 0 Å². The van der Waals surface area contributed by atoms with E-state index in [2.05, 4.69) is 13.8 Å². The lowest BCUT2D eigenvalue weighted by molar-refractivity contribution is -0.917. The van der Waals surface area contributed by atoms with Crippen LogP contribution in [0.25, 0.3) is 0 Å². The highest BCUT2D eigenvalue weighted by atomic mass is 15.4. The van der Waals surface area contributed by atoms with E-state index in [9.17, 15) is 0 Å². The molecule has 0 aromatic heterocycles. The molecule has 0 N–H and O–H groups in total. The summed E-state index contributed by atoms with van der Waals surface area (Å²) < 4.78 is 1.50. The van der Waals surface area contributed by atoms with Crippen LogP contribution in [0.2, 0.25) is 0 Å². The van der Waals surface area contributed by atoms with Crippen LogP contribution in [0.5, 0.6) is 0 Å². The van der Waals surface area contributed by atoms with Crippen molar-refractivity contribution in [1.29, 1.82) is 0 Å². The third-order valence-electron chi connectivity index (χ3n) is 8.99. The molecule has 0 bridgehead atoms. The zero-order chi connectivity index (χ0) is 25.1. The van der Waals surface area contributed by atoms with Gasteiger partial charge in [0.25, 0.3) is 0 Å². The lowest BCUT2D eigenvalue weighted by atomic mass is 10.0. The fraction of sp³-hybridized carbons (Fsp3) is 1.00. The SMILES string of the molecule is CCCCCCCCCCCCCCCCCCC[N+]1(CCCCCCCCCCC)CCCC1. The molecule has 0 radical (unpaired) electrons. The van der Waals surface area contributed by atoms with E-state index < -0.39 is 0 Å². The molecule has 35 heavy (non-hydrogen) atoms. The number of hydrogen-bond donors (Lipinski definition) is 0. The molecule has 1 nitrogen and oxygen atoms in total. The second kappa shape index (κ2) is 25.6. The summed E-state index contributed by atoms with van der Waals surface area (Å²) in [6.45, 7) is 10.6. The van der Waals surface area contributed by atoms with E-state index in [1.165, 1.54) is 210 Å². The minimum Gasteiger partial charge on any atom is -0.324 e. The van der Waals surface area contributed by atoms with Crippen molar-refractivity contribution in [2.24, 2.45) is 0 Å². The number of unbranched alkanes of at least 4 members (excludes halogenated alkanes) is 24. The fourth-order valence-corrected chi connectivity index (χ4v) is 6.50. The van der Waals surface area contributed by atoms with E-state index >= 15 is 0 Å². The summed E-state index contributed by atoms with van der Waals surface area (Å²) in [5.74, 6) is 0. The Bertz CT molecular complexity index is 397. The summed E-state index contributed by atoms with van der Waals surface area (Å²) in [6.07, 6.45) is 41.4. The Kier molecular flexibility index (Phi) is 24.1. The van der Waals surface area contributed by atoms with E-state index in [1.54, 1.807) is 0 Å². The summed E-state index contributed by atoms with van der Waals surface area (Å²) >= 11 is 0. The molecule has 0 amide bonds. The van der Waals surface area contributed by atoms with Crippen molar-refractivity contribution in [3.8, 4) is 0 Å². The smallest absolute Gasteiger partial charge is 0.0788 e. The van der Waals surface area contributed by atoms with Gasteiger partial charge < -0.3 is 4.48 Å². The van der Waals surface area contributed by atoms with Gasteiger partial charge in [-0.15, -0.1) is 0 Å². The second-order valence-corrected chi connectivity index (χ2v) is 12.4. The van der Waals surface area contributed by atoms with Gasteiger partial charge in [-0.3, -0.25) is 0 Å². The van der Waals surface area contributed by atoms with E-state index in [1.807, 2.05) is 0 Å². The summed E-state index contributed by atoms with van der Waals surface area (Å²) in [5.41, 5.74) is 0. The lowest BCUT2D eigenvalue weighted by Crippen LogP contribution is -2.46. The maximum Gasteiger partial charge on any atom is 0.0788 e. The molecular weight excluding hydrogens is 422 g/mol. The molecule has 1 heteroatoms. The summed E-state index contributed by atoms with van der Waals surface area (Å²) in [6, 6.07) is 0. The average Bonchev–Trinajstić information content (AvgIpc) is 3.34. The molecule has 210 valence electrons.